The van der Waals surface area contributed by atoms with E-state index in [1.165, 1.54) is 17.7 Å². The normalized spacial score (nSPS) is 18.0. The van der Waals surface area contributed by atoms with Crippen molar-refractivity contribution < 1.29 is 4.79 Å². The van der Waals surface area contributed by atoms with Crippen molar-refractivity contribution in [3.05, 3.63) is 33.8 Å². The molecular formula is C18H26N6OS. The van der Waals surface area contributed by atoms with Crippen molar-refractivity contribution in [2.75, 3.05) is 26.2 Å². The van der Waals surface area contributed by atoms with Crippen molar-refractivity contribution in [1.29, 1.82) is 0 Å². The molecule has 2 aromatic rings. The first-order valence-electron chi connectivity index (χ1n) is 9.39. The van der Waals surface area contributed by atoms with Crippen molar-refractivity contribution in [3.8, 4) is 0 Å². The van der Waals surface area contributed by atoms with Gasteiger partial charge in [-0.15, -0.1) is 11.3 Å². The average Bonchev–Trinajstić information content (AvgIpc) is 3.25. The molecular weight excluding hydrogens is 348 g/mol. The highest BCUT2D eigenvalue weighted by molar-refractivity contribution is 7.11. The van der Waals surface area contributed by atoms with Crippen LogP contribution in [0.4, 0.5) is 4.79 Å². The molecule has 140 valence electrons. The van der Waals surface area contributed by atoms with Gasteiger partial charge in [0.05, 0.1) is 17.2 Å². The number of carbonyl (C=O) groups is 1. The highest BCUT2D eigenvalue weighted by Gasteiger charge is 2.22. The van der Waals surface area contributed by atoms with E-state index in [-0.39, 0.29) is 6.03 Å². The molecule has 0 saturated carbocycles. The van der Waals surface area contributed by atoms with Gasteiger partial charge in [0.2, 0.25) is 0 Å². The number of nitrogens with zero attached hydrogens (tertiary/aromatic N) is 5. The molecule has 8 heteroatoms. The highest BCUT2D eigenvalue weighted by Crippen LogP contribution is 2.16. The lowest BCUT2D eigenvalue weighted by molar-refractivity contribution is 0.135. The summed E-state index contributed by atoms with van der Waals surface area (Å²) in [6.07, 6.45) is 7.54. The number of thiazole rings is 1. The van der Waals surface area contributed by atoms with Crippen LogP contribution in [0.2, 0.25) is 0 Å². The van der Waals surface area contributed by atoms with Crippen molar-refractivity contribution in [1.82, 2.24) is 29.7 Å². The first-order chi connectivity index (χ1) is 12.7. The molecule has 0 aliphatic carbocycles. The molecule has 2 aliphatic rings. The molecule has 4 rings (SSSR count). The standard InChI is InChI=1S/C18H26N6OS/c1-14-19-11-16(26-14)13-22-6-8-23(9-7-22)18(25)20-10-15-12-24-5-3-2-4-17(24)21-15/h11-12H,2-10,13H2,1H3,(H,20,25). The second-order valence-electron chi connectivity index (χ2n) is 7.07. The fourth-order valence-corrected chi connectivity index (χ4v) is 4.48. The predicted octanol–water partition coefficient (Wildman–Crippen LogP) is 2.01. The molecule has 0 atom stereocenters. The number of piperazine rings is 1. The van der Waals surface area contributed by atoms with E-state index in [4.69, 9.17) is 0 Å². The third-order valence-electron chi connectivity index (χ3n) is 5.09. The molecule has 0 spiro atoms. The van der Waals surface area contributed by atoms with E-state index >= 15 is 0 Å². The molecule has 4 heterocycles. The summed E-state index contributed by atoms with van der Waals surface area (Å²) < 4.78 is 2.23. The van der Waals surface area contributed by atoms with E-state index in [0.717, 1.165) is 62.2 Å². The number of carbonyl (C=O) groups excluding carboxylic acids is 1. The summed E-state index contributed by atoms with van der Waals surface area (Å²) in [5, 5.41) is 4.14. The molecule has 1 N–H and O–H groups in total. The van der Waals surface area contributed by atoms with Gasteiger partial charge in [-0.3, -0.25) is 4.90 Å². The van der Waals surface area contributed by atoms with Crippen molar-refractivity contribution >= 4 is 17.4 Å². The number of aromatic nitrogens is 3. The zero-order valence-corrected chi connectivity index (χ0v) is 16.1. The van der Waals surface area contributed by atoms with Crippen LogP contribution < -0.4 is 5.32 Å². The van der Waals surface area contributed by atoms with Crippen LogP contribution in [0, 0.1) is 6.92 Å². The summed E-state index contributed by atoms with van der Waals surface area (Å²) in [4.78, 5) is 27.0. The van der Waals surface area contributed by atoms with E-state index in [1.54, 1.807) is 11.3 Å². The minimum atomic E-state index is 0.0178. The van der Waals surface area contributed by atoms with Gasteiger partial charge in [-0.25, -0.2) is 14.8 Å². The minimum Gasteiger partial charge on any atom is -0.335 e. The number of imidazole rings is 1. The second-order valence-corrected chi connectivity index (χ2v) is 8.39. The minimum absolute atomic E-state index is 0.0178. The van der Waals surface area contributed by atoms with Gasteiger partial charge in [-0.1, -0.05) is 0 Å². The Morgan fingerprint density at radius 1 is 1.23 bits per heavy atom. The maximum absolute atomic E-state index is 12.4. The maximum atomic E-state index is 12.4. The Bertz CT molecular complexity index is 738. The Hall–Kier alpha value is -1.93. The summed E-state index contributed by atoms with van der Waals surface area (Å²) in [5.74, 6) is 1.16. The van der Waals surface area contributed by atoms with E-state index in [1.807, 2.05) is 18.0 Å². The fourth-order valence-electron chi connectivity index (χ4n) is 3.64. The third kappa shape index (κ3) is 4.07. The van der Waals surface area contributed by atoms with Crippen molar-refractivity contribution in [2.45, 2.75) is 45.8 Å². The Morgan fingerprint density at radius 3 is 2.81 bits per heavy atom. The molecule has 0 unspecified atom stereocenters. The van der Waals surface area contributed by atoms with Gasteiger partial charge in [-0.2, -0.15) is 0 Å². The lowest BCUT2D eigenvalue weighted by Crippen LogP contribution is -2.51. The molecule has 2 amide bonds. The van der Waals surface area contributed by atoms with Crippen molar-refractivity contribution in [2.24, 2.45) is 0 Å². The van der Waals surface area contributed by atoms with E-state index in [9.17, 15) is 4.79 Å². The lowest BCUT2D eigenvalue weighted by Gasteiger charge is -2.34. The third-order valence-corrected chi connectivity index (χ3v) is 5.98. The SMILES string of the molecule is Cc1ncc(CN2CCN(C(=O)NCc3cn4c(n3)CCCC4)CC2)s1. The molecule has 2 aliphatic heterocycles. The molecule has 26 heavy (non-hydrogen) atoms. The number of amides is 2. The predicted molar refractivity (Wildman–Crippen MR) is 101 cm³/mol. The molecule has 0 aromatic carbocycles. The van der Waals surface area contributed by atoms with Gasteiger partial charge in [-0.05, 0) is 19.8 Å². The zero-order valence-electron chi connectivity index (χ0n) is 15.3. The number of fused-ring (bicyclic) bond motifs is 1. The lowest BCUT2D eigenvalue weighted by atomic mass is 10.2. The van der Waals surface area contributed by atoms with E-state index in [2.05, 4.69) is 30.9 Å². The fraction of sp³-hybridized carbons (Fsp3) is 0.611. The molecule has 2 aromatic heterocycles. The van der Waals surface area contributed by atoms with Gasteiger partial charge < -0.3 is 14.8 Å². The van der Waals surface area contributed by atoms with Gasteiger partial charge in [0.1, 0.15) is 5.82 Å². The van der Waals surface area contributed by atoms with Crippen molar-refractivity contribution in [3.63, 3.8) is 0 Å². The molecule has 1 saturated heterocycles. The van der Waals surface area contributed by atoms with Gasteiger partial charge >= 0.3 is 6.03 Å². The highest BCUT2D eigenvalue weighted by atomic mass is 32.1. The van der Waals surface area contributed by atoms with Crippen LogP contribution in [0.1, 0.15) is 34.2 Å². The Balaban J connectivity index is 1.22. The quantitative estimate of drug-likeness (QED) is 0.889. The van der Waals surface area contributed by atoms with Crippen LogP contribution in [-0.4, -0.2) is 56.5 Å². The number of hydrogen-bond acceptors (Lipinski definition) is 5. The van der Waals surface area contributed by atoms with Crippen LogP contribution >= 0.6 is 11.3 Å². The first-order valence-corrected chi connectivity index (χ1v) is 10.2. The summed E-state index contributed by atoms with van der Waals surface area (Å²) in [7, 11) is 0. The van der Waals surface area contributed by atoms with Crippen LogP contribution in [-0.2, 0) is 26.1 Å². The summed E-state index contributed by atoms with van der Waals surface area (Å²) in [5.41, 5.74) is 0.967. The van der Waals surface area contributed by atoms with Crippen LogP contribution in [0.5, 0.6) is 0 Å². The largest absolute Gasteiger partial charge is 0.335 e. The van der Waals surface area contributed by atoms with Gasteiger partial charge in [0, 0.05) is 63.0 Å². The maximum Gasteiger partial charge on any atom is 0.317 e. The summed E-state index contributed by atoms with van der Waals surface area (Å²) in [6.45, 7) is 7.88. The molecule has 0 radical (unpaired) electrons. The van der Waals surface area contributed by atoms with Crippen LogP contribution in [0.3, 0.4) is 0 Å². The number of nitrogens with one attached hydrogen (secondary N) is 1. The molecule has 0 bridgehead atoms. The van der Waals surface area contributed by atoms with Gasteiger partial charge in [0.15, 0.2) is 0 Å². The zero-order chi connectivity index (χ0) is 17.9. The van der Waals surface area contributed by atoms with Crippen LogP contribution in [0.25, 0.3) is 0 Å². The second kappa shape index (κ2) is 7.75. The smallest absolute Gasteiger partial charge is 0.317 e. The number of urea groups is 1. The van der Waals surface area contributed by atoms with E-state index < -0.39 is 0 Å². The number of rotatable bonds is 4. The van der Waals surface area contributed by atoms with Crippen LogP contribution in [0.15, 0.2) is 12.4 Å². The average molecular weight is 375 g/mol. The van der Waals surface area contributed by atoms with Gasteiger partial charge in [0.25, 0.3) is 0 Å². The summed E-state index contributed by atoms with van der Waals surface area (Å²) >= 11 is 1.75. The monoisotopic (exact) mass is 374 g/mol. The Labute approximate surface area is 158 Å². The first kappa shape index (κ1) is 17.5. The molecule has 7 nitrogen and oxygen atoms in total. The molecule has 1 fully saturated rings. The Morgan fingerprint density at radius 2 is 2.08 bits per heavy atom. The number of hydrogen-bond donors (Lipinski definition) is 1. The summed E-state index contributed by atoms with van der Waals surface area (Å²) in [6, 6.07) is 0.0178. The Kier molecular flexibility index (Phi) is 5.21. The van der Waals surface area contributed by atoms with E-state index in [0.29, 0.717) is 6.54 Å². The number of aryl methyl sites for hydroxylation is 3. The topological polar surface area (TPSA) is 66.3 Å².